The first-order valence-corrected chi connectivity index (χ1v) is 5.02. The summed E-state index contributed by atoms with van der Waals surface area (Å²) >= 11 is 1.46. The molecule has 0 unspecified atom stereocenters. The Bertz CT molecular complexity index is 233. The lowest BCUT2D eigenvalue weighted by molar-refractivity contribution is 0.406. The summed E-state index contributed by atoms with van der Waals surface area (Å²) in [6.45, 7) is 0. The van der Waals surface area contributed by atoms with Gasteiger partial charge in [0.15, 0.2) is 0 Å². The van der Waals surface area contributed by atoms with Crippen molar-refractivity contribution in [1.29, 1.82) is 0 Å². The second-order valence-corrected chi connectivity index (χ2v) is 3.47. The molecule has 0 atom stereocenters. The summed E-state index contributed by atoms with van der Waals surface area (Å²) in [4.78, 5) is 0. The van der Waals surface area contributed by atoms with Gasteiger partial charge in [0.1, 0.15) is 0 Å². The van der Waals surface area contributed by atoms with E-state index in [-0.39, 0.29) is 6.44 Å². The monoisotopic (exact) mass is 197 g/mol. The molecule has 0 aliphatic carbocycles. The van der Waals surface area contributed by atoms with E-state index < -0.39 is 7.12 Å². The van der Waals surface area contributed by atoms with Crippen molar-refractivity contribution >= 4 is 19.1 Å². The van der Waals surface area contributed by atoms with Gasteiger partial charge in [0, 0.05) is 12.2 Å². The van der Waals surface area contributed by atoms with E-state index >= 15 is 0 Å². The van der Waals surface area contributed by atoms with E-state index in [1.165, 1.54) is 17.5 Å². The molecule has 70 valence electrons. The van der Waals surface area contributed by atoms with Crippen LogP contribution in [0.5, 0.6) is 0 Å². The van der Waals surface area contributed by atoms with E-state index in [0.717, 1.165) is 5.75 Å². The van der Waals surface area contributed by atoms with Gasteiger partial charge >= 0.3 is 7.12 Å². The fourth-order valence-electron chi connectivity index (χ4n) is 0.842. The van der Waals surface area contributed by atoms with Gasteiger partial charge in [0.25, 0.3) is 0 Å². The van der Waals surface area contributed by atoms with Crippen LogP contribution in [-0.2, 0) is 5.75 Å². The van der Waals surface area contributed by atoms with Crippen LogP contribution in [0.25, 0.3) is 0 Å². The van der Waals surface area contributed by atoms with Gasteiger partial charge in [-0.05, 0) is 5.56 Å². The molecule has 3 N–H and O–H groups in total. The smallest absolute Gasteiger partial charge is 0.426 e. The van der Waals surface area contributed by atoms with Crippen molar-refractivity contribution in [1.82, 2.24) is 4.72 Å². The molecule has 13 heavy (non-hydrogen) atoms. The second-order valence-electron chi connectivity index (χ2n) is 2.60. The number of hydrogen-bond acceptors (Lipinski definition) is 4. The van der Waals surface area contributed by atoms with Crippen LogP contribution in [0.2, 0.25) is 0 Å². The molecule has 0 aromatic heterocycles. The first-order valence-electron chi connectivity index (χ1n) is 4.04. The highest BCUT2D eigenvalue weighted by atomic mass is 32.2. The Morgan fingerprint density at radius 2 is 1.92 bits per heavy atom. The Labute approximate surface area is 82.5 Å². The number of nitrogens with one attached hydrogen (secondary N) is 1. The van der Waals surface area contributed by atoms with Crippen molar-refractivity contribution in [3.05, 3.63) is 35.9 Å². The molecule has 0 bridgehead atoms. The summed E-state index contributed by atoms with van der Waals surface area (Å²) in [5, 5.41) is 17.1. The van der Waals surface area contributed by atoms with Crippen LogP contribution in [0.15, 0.2) is 30.3 Å². The van der Waals surface area contributed by atoms with Crippen LogP contribution in [0.4, 0.5) is 0 Å². The van der Waals surface area contributed by atoms with Gasteiger partial charge in [-0.15, -0.1) is 0 Å². The molecule has 0 aliphatic rings. The molecule has 1 rings (SSSR count). The third-order valence-corrected chi connectivity index (χ3v) is 2.30. The SMILES string of the molecule is OB(O)CNSCc1ccccc1. The Hall–Kier alpha value is -0.485. The van der Waals surface area contributed by atoms with Crippen LogP contribution in [0, 0.1) is 0 Å². The number of hydrogen-bond donors (Lipinski definition) is 3. The number of rotatable bonds is 5. The highest BCUT2D eigenvalue weighted by Crippen LogP contribution is 2.07. The highest BCUT2D eigenvalue weighted by molar-refractivity contribution is 7.96. The van der Waals surface area contributed by atoms with Crippen molar-refractivity contribution in [2.24, 2.45) is 0 Å². The predicted octanol–water partition coefficient (Wildman–Crippen LogP) is 0.436. The maximum atomic E-state index is 8.53. The standard InChI is InChI=1S/C8H12BNO2S/c11-9(12)7-10-13-6-8-4-2-1-3-5-8/h1-5,10-12H,6-7H2. The first kappa shape index (κ1) is 10.6. The lowest BCUT2D eigenvalue weighted by Crippen LogP contribution is -2.26. The van der Waals surface area contributed by atoms with Crippen LogP contribution in [0.3, 0.4) is 0 Å². The van der Waals surface area contributed by atoms with E-state index in [0.29, 0.717) is 0 Å². The van der Waals surface area contributed by atoms with E-state index in [1.54, 1.807) is 0 Å². The Kier molecular flexibility index (Phi) is 4.92. The lowest BCUT2D eigenvalue weighted by atomic mass is 9.94. The Balaban J connectivity index is 2.13. The molecule has 0 saturated carbocycles. The highest BCUT2D eigenvalue weighted by Gasteiger charge is 2.04. The van der Waals surface area contributed by atoms with Crippen molar-refractivity contribution in [3.8, 4) is 0 Å². The third kappa shape index (κ3) is 4.95. The fraction of sp³-hybridized carbons (Fsp3) is 0.250. The zero-order chi connectivity index (χ0) is 9.52. The average Bonchev–Trinajstić information content (AvgIpc) is 2.14. The van der Waals surface area contributed by atoms with Gasteiger partial charge in [-0.1, -0.05) is 42.3 Å². The maximum Gasteiger partial charge on any atom is 0.467 e. The van der Waals surface area contributed by atoms with Gasteiger partial charge in [-0.2, -0.15) is 0 Å². The molecule has 0 heterocycles. The second kappa shape index (κ2) is 6.04. The summed E-state index contributed by atoms with van der Waals surface area (Å²) < 4.78 is 2.85. The van der Waals surface area contributed by atoms with Crippen molar-refractivity contribution in [2.45, 2.75) is 5.75 Å². The Morgan fingerprint density at radius 1 is 1.23 bits per heavy atom. The maximum absolute atomic E-state index is 8.53. The van der Waals surface area contributed by atoms with Crippen LogP contribution in [0.1, 0.15) is 5.56 Å². The van der Waals surface area contributed by atoms with Gasteiger partial charge < -0.3 is 10.0 Å². The summed E-state index contributed by atoms with van der Waals surface area (Å²) in [5.41, 5.74) is 1.22. The van der Waals surface area contributed by atoms with Crippen molar-refractivity contribution in [2.75, 3.05) is 6.44 Å². The minimum atomic E-state index is -1.27. The lowest BCUT2D eigenvalue weighted by Gasteiger charge is -2.02. The summed E-state index contributed by atoms with van der Waals surface area (Å²) in [7, 11) is -1.27. The van der Waals surface area contributed by atoms with Gasteiger partial charge in [-0.25, -0.2) is 0 Å². The molecule has 0 saturated heterocycles. The average molecular weight is 197 g/mol. The Morgan fingerprint density at radius 3 is 2.54 bits per heavy atom. The topological polar surface area (TPSA) is 52.5 Å². The van der Waals surface area contributed by atoms with Crippen molar-refractivity contribution < 1.29 is 10.0 Å². The summed E-state index contributed by atoms with van der Waals surface area (Å²) in [6.07, 6.45) is 0.192. The predicted molar refractivity (Wildman–Crippen MR) is 55.9 cm³/mol. The minimum absolute atomic E-state index is 0.192. The molecular formula is C8H12BNO2S. The minimum Gasteiger partial charge on any atom is -0.426 e. The molecule has 1 aromatic carbocycles. The van der Waals surface area contributed by atoms with E-state index in [1.807, 2.05) is 30.3 Å². The molecule has 1 aromatic rings. The van der Waals surface area contributed by atoms with Crippen LogP contribution < -0.4 is 4.72 Å². The fourth-order valence-corrected chi connectivity index (χ4v) is 1.57. The molecule has 0 spiro atoms. The molecule has 5 heteroatoms. The van der Waals surface area contributed by atoms with Crippen molar-refractivity contribution in [3.63, 3.8) is 0 Å². The van der Waals surface area contributed by atoms with Crippen LogP contribution in [-0.4, -0.2) is 23.6 Å². The number of benzene rings is 1. The van der Waals surface area contributed by atoms with Gasteiger partial charge in [0.05, 0.1) is 0 Å². The normalized spacial score (nSPS) is 10.0. The zero-order valence-corrected chi connectivity index (χ0v) is 8.00. The third-order valence-electron chi connectivity index (χ3n) is 1.45. The van der Waals surface area contributed by atoms with E-state index in [4.69, 9.17) is 10.0 Å². The molecule has 0 amide bonds. The van der Waals surface area contributed by atoms with Gasteiger partial charge in [0.2, 0.25) is 0 Å². The zero-order valence-electron chi connectivity index (χ0n) is 7.18. The molecule has 3 nitrogen and oxygen atoms in total. The molecule has 0 aliphatic heterocycles. The molecule has 0 fully saturated rings. The largest absolute Gasteiger partial charge is 0.467 e. The summed E-state index contributed by atoms with van der Waals surface area (Å²) in [6, 6.07) is 10.0. The van der Waals surface area contributed by atoms with E-state index in [2.05, 4.69) is 4.72 Å². The van der Waals surface area contributed by atoms with E-state index in [9.17, 15) is 0 Å². The molecular weight excluding hydrogens is 185 g/mol. The van der Waals surface area contributed by atoms with Crippen LogP contribution >= 0.6 is 11.9 Å². The quantitative estimate of drug-likeness (QED) is 0.364. The molecule has 0 radical (unpaired) electrons. The first-order chi connectivity index (χ1) is 6.29. The summed E-state index contributed by atoms with van der Waals surface area (Å²) in [5.74, 6) is 0.827. The van der Waals surface area contributed by atoms with Gasteiger partial charge in [-0.3, -0.25) is 4.72 Å².